The second-order valence-electron chi connectivity index (χ2n) is 9.84. The van der Waals surface area contributed by atoms with Crippen LogP contribution in [0.4, 0.5) is 0 Å². The largest absolute Gasteiger partial charge is 0.341 e. The third-order valence-electron chi connectivity index (χ3n) is 6.57. The van der Waals surface area contributed by atoms with Crippen LogP contribution < -0.4 is 5.32 Å². The van der Waals surface area contributed by atoms with Crippen molar-refractivity contribution in [1.29, 1.82) is 0 Å². The Morgan fingerprint density at radius 1 is 0.917 bits per heavy atom. The van der Waals surface area contributed by atoms with Gasteiger partial charge in [0, 0.05) is 45.3 Å². The summed E-state index contributed by atoms with van der Waals surface area (Å²) in [5, 5.41) is 3.57. The average molecular weight is 506 g/mol. The third kappa shape index (κ3) is 6.60. The molecule has 0 aromatic heterocycles. The molecule has 2 atom stereocenters. The molecule has 1 aliphatic heterocycles. The fourth-order valence-corrected chi connectivity index (χ4v) is 6.17. The summed E-state index contributed by atoms with van der Waals surface area (Å²) in [5.41, 5.74) is 4.37. The van der Waals surface area contributed by atoms with Gasteiger partial charge in [0.25, 0.3) is 0 Å². The van der Waals surface area contributed by atoms with Crippen LogP contribution in [-0.4, -0.2) is 62.1 Å². The molecular weight excluding hydrogens is 470 g/mol. The van der Waals surface area contributed by atoms with Crippen molar-refractivity contribution in [2.45, 2.75) is 43.9 Å². The quantitative estimate of drug-likeness (QED) is 0.502. The van der Waals surface area contributed by atoms with Crippen molar-refractivity contribution in [3.63, 3.8) is 0 Å². The van der Waals surface area contributed by atoms with E-state index in [9.17, 15) is 13.2 Å². The first-order chi connectivity index (χ1) is 17.2. The van der Waals surface area contributed by atoms with E-state index in [-0.39, 0.29) is 4.90 Å². The zero-order valence-electron chi connectivity index (χ0n) is 21.2. The van der Waals surface area contributed by atoms with Crippen LogP contribution in [0.1, 0.15) is 25.0 Å². The van der Waals surface area contributed by atoms with Crippen LogP contribution >= 0.6 is 0 Å². The van der Waals surface area contributed by atoms with Crippen molar-refractivity contribution < 1.29 is 13.2 Å². The molecule has 0 saturated carbocycles. The topological polar surface area (TPSA) is 69.7 Å². The highest BCUT2D eigenvalue weighted by atomic mass is 32.2. The van der Waals surface area contributed by atoms with Crippen molar-refractivity contribution in [1.82, 2.24) is 15.1 Å². The summed E-state index contributed by atoms with van der Waals surface area (Å²) in [4.78, 5) is 16.9. The van der Waals surface area contributed by atoms with Crippen LogP contribution in [0.2, 0.25) is 0 Å². The highest BCUT2D eigenvalue weighted by Crippen LogP contribution is 2.26. The van der Waals surface area contributed by atoms with Crippen molar-refractivity contribution in [2.75, 3.05) is 25.9 Å². The molecule has 0 radical (unpaired) electrons. The van der Waals surface area contributed by atoms with Crippen LogP contribution in [0.15, 0.2) is 83.8 Å². The molecule has 1 amide bonds. The van der Waals surface area contributed by atoms with Gasteiger partial charge in [-0.15, -0.1) is 0 Å². The molecule has 6 nitrogen and oxygen atoms in total. The van der Waals surface area contributed by atoms with Crippen molar-refractivity contribution >= 4 is 15.7 Å². The van der Waals surface area contributed by atoms with Gasteiger partial charge in [0.05, 0.1) is 4.90 Å². The van der Waals surface area contributed by atoms with Gasteiger partial charge < -0.3 is 10.2 Å². The molecule has 0 spiro atoms. The Kier molecular flexibility index (Phi) is 8.24. The molecule has 1 fully saturated rings. The predicted molar refractivity (Wildman–Crippen MR) is 144 cm³/mol. The average Bonchev–Trinajstić information content (AvgIpc) is 2.84. The zero-order valence-corrected chi connectivity index (χ0v) is 22.0. The van der Waals surface area contributed by atoms with E-state index in [4.69, 9.17) is 0 Å². The normalized spacial score (nSPS) is 18.6. The lowest BCUT2D eigenvalue weighted by Crippen LogP contribution is -2.53. The van der Waals surface area contributed by atoms with E-state index >= 15 is 0 Å². The molecule has 1 aliphatic rings. The minimum atomic E-state index is -3.68. The Morgan fingerprint density at radius 3 is 2.19 bits per heavy atom. The number of piperazine rings is 1. The molecular formula is C29H35N3O3S. The van der Waals surface area contributed by atoms with Gasteiger partial charge in [0.15, 0.2) is 9.84 Å². The Balaban J connectivity index is 1.43. The third-order valence-corrected chi connectivity index (χ3v) is 8.19. The van der Waals surface area contributed by atoms with Crippen LogP contribution in [0.25, 0.3) is 11.1 Å². The summed E-state index contributed by atoms with van der Waals surface area (Å²) < 4.78 is 25.3. The van der Waals surface area contributed by atoms with Gasteiger partial charge in [0.1, 0.15) is 5.75 Å². The number of benzene rings is 3. The second-order valence-corrected chi connectivity index (χ2v) is 11.8. The van der Waals surface area contributed by atoms with E-state index < -0.39 is 21.5 Å². The Hall–Kier alpha value is -3.00. The standard InChI is InChI=1S/C29H35N3O3S/c1-22-17-32(18-23(2)30-22)19-24-13-15-25(16-14-24)28-12-8-7-9-26(28)20-31(3)29(33)21-36(34,35)27-10-5-4-6-11-27/h4-16,22-23,30H,17-21H2,1-3H3/t22-,23+. The van der Waals surface area contributed by atoms with E-state index in [1.54, 1.807) is 25.2 Å². The first-order valence-electron chi connectivity index (χ1n) is 12.4. The summed E-state index contributed by atoms with van der Waals surface area (Å²) in [7, 11) is -2.03. The molecule has 0 unspecified atom stereocenters. The van der Waals surface area contributed by atoms with Gasteiger partial charge in [-0.2, -0.15) is 0 Å². The van der Waals surface area contributed by atoms with E-state index in [0.29, 0.717) is 18.6 Å². The SMILES string of the molecule is C[C@@H]1CN(Cc2ccc(-c3ccccc3CN(C)C(=O)CS(=O)(=O)c3ccccc3)cc2)C[C@H](C)N1. The zero-order chi connectivity index (χ0) is 25.7. The van der Waals surface area contributed by atoms with E-state index in [0.717, 1.165) is 36.3 Å². The van der Waals surface area contributed by atoms with Gasteiger partial charge in [0.2, 0.25) is 5.91 Å². The number of sulfone groups is 1. The van der Waals surface area contributed by atoms with Crippen molar-refractivity contribution in [3.8, 4) is 11.1 Å². The number of carbonyl (C=O) groups is 1. The summed E-state index contributed by atoms with van der Waals surface area (Å²) in [6.45, 7) is 7.77. The molecule has 1 saturated heterocycles. The lowest BCUT2D eigenvalue weighted by Gasteiger charge is -2.36. The highest BCUT2D eigenvalue weighted by Gasteiger charge is 2.23. The number of nitrogens with zero attached hydrogens (tertiary/aromatic N) is 2. The van der Waals surface area contributed by atoms with Crippen LogP contribution in [-0.2, 0) is 27.7 Å². The Morgan fingerprint density at radius 2 is 1.53 bits per heavy atom. The number of rotatable bonds is 8. The lowest BCUT2D eigenvalue weighted by atomic mass is 9.98. The number of hydrogen-bond acceptors (Lipinski definition) is 5. The lowest BCUT2D eigenvalue weighted by molar-refractivity contribution is -0.127. The first kappa shape index (κ1) is 26.1. The maximum absolute atomic E-state index is 12.8. The molecule has 190 valence electrons. The van der Waals surface area contributed by atoms with Crippen molar-refractivity contribution in [3.05, 3.63) is 90.0 Å². The van der Waals surface area contributed by atoms with E-state index in [2.05, 4.69) is 48.3 Å². The van der Waals surface area contributed by atoms with Gasteiger partial charge in [-0.25, -0.2) is 8.42 Å². The smallest absolute Gasteiger partial charge is 0.238 e. The molecule has 3 aromatic carbocycles. The maximum atomic E-state index is 12.8. The Labute approximate surface area is 214 Å². The minimum absolute atomic E-state index is 0.164. The molecule has 1 N–H and O–H groups in total. The summed E-state index contributed by atoms with van der Waals surface area (Å²) in [6, 6.07) is 25.6. The molecule has 4 rings (SSSR count). The second kappa shape index (κ2) is 11.4. The fourth-order valence-electron chi connectivity index (χ4n) is 4.88. The van der Waals surface area contributed by atoms with Crippen LogP contribution in [0, 0.1) is 0 Å². The van der Waals surface area contributed by atoms with Crippen molar-refractivity contribution in [2.24, 2.45) is 0 Å². The summed E-state index contributed by atoms with van der Waals surface area (Å²) >= 11 is 0. The number of nitrogens with one attached hydrogen (secondary N) is 1. The van der Waals surface area contributed by atoms with E-state index in [1.165, 1.54) is 22.6 Å². The summed E-state index contributed by atoms with van der Waals surface area (Å²) in [6.07, 6.45) is 0. The number of hydrogen-bond donors (Lipinski definition) is 1. The molecule has 0 bridgehead atoms. The molecule has 3 aromatic rings. The number of carbonyl (C=O) groups excluding carboxylic acids is 1. The molecule has 7 heteroatoms. The Bertz CT molecular complexity index is 1270. The molecule has 36 heavy (non-hydrogen) atoms. The van der Waals surface area contributed by atoms with Gasteiger partial charge in [-0.05, 0) is 48.2 Å². The first-order valence-corrected chi connectivity index (χ1v) is 14.0. The minimum Gasteiger partial charge on any atom is -0.341 e. The summed E-state index contributed by atoms with van der Waals surface area (Å²) in [5.74, 6) is -0.975. The van der Waals surface area contributed by atoms with Crippen LogP contribution in [0.3, 0.4) is 0 Å². The number of amides is 1. The highest BCUT2D eigenvalue weighted by molar-refractivity contribution is 7.92. The van der Waals surface area contributed by atoms with Gasteiger partial charge in [-0.3, -0.25) is 9.69 Å². The predicted octanol–water partition coefficient (Wildman–Crippen LogP) is 3.97. The maximum Gasteiger partial charge on any atom is 0.238 e. The monoisotopic (exact) mass is 505 g/mol. The molecule has 1 heterocycles. The van der Waals surface area contributed by atoms with Gasteiger partial charge in [-0.1, -0.05) is 66.7 Å². The van der Waals surface area contributed by atoms with Gasteiger partial charge >= 0.3 is 0 Å². The van der Waals surface area contributed by atoms with E-state index in [1.807, 2.05) is 24.3 Å². The fraction of sp³-hybridized carbons (Fsp3) is 0.345. The molecule has 0 aliphatic carbocycles. The van der Waals surface area contributed by atoms with Crippen LogP contribution in [0.5, 0.6) is 0 Å².